The Morgan fingerprint density at radius 2 is 1.63 bits per heavy atom. The number of halogens is 1. The molecule has 2 aromatic rings. The summed E-state index contributed by atoms with van der Waals surface area (Å²) in [5.41, 5.74) is 2.65. The van der Waals surface area contributed by atoms with E-state index in [9.17, 15) is 0 Å². The predicted molar refractivity (Wildman–Crippen MR) is 78.6 cm³/mol. The van der Waals surface area contributed by atoms with Crippen molar-refractivity contribution < 1.29 is 9.47 Å². The van der Waals surface area contributed by atoms with Gasteiger partial charge in [-0.05, 0) is 45.4 Å². The summed E-state index contributed by atoms with van der Waals surface area (Å²) in [6.45, 7) is 8.99. The fourth-order valence-electron chi connectivity index (χ4n) is 2.02. The van der Waals surface area contributed by atoms with Crippen molar-refractivity contribution in [2.45, 2.75) is 27.7 Å². The second-order valence-corrected chi connectivity index (χ2v) is 4.67. The molecule has 0 amide bonds. The summed E-state index contributed by atoms with van der Waals surface area (Å²) < 4.78 is 11.3. The first-order valence-electron chi connectivity index (χ1n) is 6.45. The van der Waals surface area contributed by atoms with Crippen LogP contribution >= 0.6 is 11.6 Å². The lowest BCUT2D eigenvalue weighted by molar-refractivity contribution is 0.336. The highest BCUT2D eigenvalue weighted by molar-refractivity contribution is 6.37. The quantitative estimate of drug-likeness (QED) is 0.836. The lowest BCUT2D eigenvalue weighted by Crippen LogP contribution is -2.00. The Bertz CT molecular complexity index is 611. The Labute approximate surface area is 118 Å². The molecule has 0 atom stereocenters. The Morgan fingerprint density at radius 1 is 1.05 bits per heavy atom. The lowest BCUT2D eigenvalue weighted by atomic mass is 10.1. The summed E-state index contributed by atoms with van der Waals surface area (Å²) in [5.74, 6) is 1.49. The summed E-state index contributed by atoms with van der Waals surface area (Å²) in [4.78, 5) is 4.61. The molecule has 19 heavy (non-hydrogen) atoms. The molecule has 3 nitrogen and oxygen atoms in total. The van der Waals surface area contributed by atoms with Crippen molar-refractivity contribution >= 4 is 22.5 Å². The molecule has 0 unspecified atom stereocenters. The average Bonchev–Trinajstić information content (AvgIpc) is 2.39. The fraction of sp³-hybridized carbons (Fsp3) is 0.400. The van der Waals surface area contributed by atoms with Gasteiger partial charge in [0.2, 0.25) is 0 Å². The first-order valence-corrected chi connectivity index (χ1v) is 6.82. The van der Waals surface area contributed by atoms with Gasteiger partial charge in [-0.25, -0.2) is 4.98 Å². The number of pyridine rings is 1. The fourth-order valence-corrected chi connectivity index (χ4v) is 2.34. The van der Waals surface area contributed by atoms with Crippen LogP contribution in [0, 0.1) is 13.8 Å². The Balaban J connectivity index is 2.80. The summed E-state index contributed by atoms with van der Waals surface area (Å²) in [6, 6.07) is 3.77. The van der Waals surface area contributed by atoms with Crippen LogP contribution in [0.4, 0.5) is 0 Å². The zero-order valence-corrected chi connectivity index (χ0v) is 12.5. The van der Waals surface area contributed by atoms with E-state index in [4.69, 9.17) is 21.1 Å². The van der Waals surface area contributed by atoms with Crippen molar-refractivity contribution in [2.75, 3.05) is 13.2 Å². The van der Waals surface area contributed by atoms with Gasteiger partial charge >= 0.3 is 0 Å². The van der Waals surface area contributed by atoms with E-state index >= 15 is 0 Å². The van der Waals surface area contributed by atoms with Gasteiger partial charge < -0.3 is 9.47 Å². The second-order valence-electron chi connectivity index (χ2n) is 4.29. The van der Waals surface area contributed by atoms with Crippen molar-refractivity contribution in [1.82, 2.24) is 4.98 Å². The Kier molecular flexibility index (Phi) is 4.15. The van der Waals surface area contributed by atoms with Crippen molar-refractivity contribution in [3.05, 3.63) is 28.4 Å². The predicted octanol–water partition coefficient (Wildman–Crippen LogP) is 4.30. The highest BCUT2D eigenvalue weighted by Crippen LogP contribution is 2.39. The SMILES string of the molecule is CCOc1ccc(OCC)c2c(Cl)c(C)c(C)nc12. The molecule has 0 saturated heterocycles. The number of aromatic nitrogens is 1. The van der Waals surface area contributed by atoms with Gasteiger partial charge in [0, 0.05) is 5.69 Å². The maximum atomic E-state index is 6.47. The van der Waals surface area contributed by atoms with Crippen LogP contribution in [0.1, 0.15) is 25.1 Å². The van der Waals surface area contributed by atoms with E-state index in [1.54, 1.807) is 0 Å². The molecule has 0 N–H and O–H groups in total. The van der Waals surface area contributed by atoms with Crippen LogP contribution in [0.5, 0.6) is 11.5 Å². The summed E-state index contributed by atoms with van der Waals surface area (Å²) in [6.07, 6.45) is 0. The number of rotatable bonds is 4. The van der Waals surface area contributed by atoms with Crippen molar-refractivity contribution in [3.8, 4) is 11.5 Å². The number of nitrogens with zero attached hydrogens (tertiary/aromatic N) is 1. The largest absolute Gasteiger partial charge is 0.493 e. The summed E-state index contributed by atoms with van der Waals surface area (Å²) in [7, 11) is 0. The smallest absolute Gasteiger partial charge is 0.145 e. The second kappa shape index (κ2) is 5.66. The van der Waals surface area contributed by atoms with Crippen LogP contribution in [0.15, 0.2) is 12.1 Å². The molecule has 0 aliphatic heterocycles. The monoisotopic (exact) mass is 279 g/mol. The van der Waals surface area contributed by atoms with Gasteiger partial charge in [0.05, 0.1) is 23.6 Å². The highest BCUT2D eigenvalue weighted by Gasteiger charge is 2.16. The van der Waals surface area contributed by atoms with Crippen molar-refractivity contribution in [1.29, 1.82) is 0 Å². The molecule has 1 aromatic heterocycles. The molecule has 2 rings (SSSR count). The number of hydrogen-bond acceptors (Lipinski definition) is 3. The van der Waals surface area contributed by atoms with Gasteiger partial charge in [-0.1, -0.05) is 11.6 Å². The molecular weight excluding hydrogens is 262 g/mol. The molecule has 4 heteroatoms. The van der Waals surface area contributed by atoms with Crippen LogP contribution in [-0.4, -0.2) is 18.2 Å². The molecule has 0 radical (unpaired) electrons. The van der Waals surface area contributed by atoms with E-state index in [-0.39, 0.29) is 0 Å². The summed E-state index contributed by atoms with van der Waals surface area (Å²) in [5, 5.41) is 1.52. The lowest BCUT2D eigenvalue weighted by Gasteiger charge is -2.15. The molecule has 0 saturated carbocycles. The van der Waals surface area contributed by atoms with E-state index in [0.29, 0.717) is 18.2 Å². The minimum Gasteiger partial charge on any atom is -0.493 e. The maximum Gasteiger partial charge on any atom is 0.145 e. The molecule has 102 valence electrons. The molecule has 0 spiro atoms. The maximum absolute atomic E-state index is 6.47. The van der Waals surface area contributed by atoms with Gasteiger partial charge in [0.1, 0.15) is 17.0 Å². The van der Waals surface area contributed by atoms with E-state index < -0.39 is 0 Å². The number of aryl methyl sites for hydroxylation is 1. The van der Waals surface area contributed by atoms with Crippen LogP contribution in [0.3, 0.4) is 0 Å². The van der Waals surface area contributed by atoms with Crippen LogP contribution < -0.4 is 9.47 Å². The average molecular weight is 280 g/mol. The number of fused-ring (bicyclic) bond motifs is 1. The van der Waals surface area contributed by atoms with Crippen LogP contribution in [0.2, 0.25) is 5.02 Å². The third-order valence-electron chi connectivity index (χ3n) is 3.07. The Hall–Kier alpha value is -1.48. The first-order chi connectivity index (χ1) is 9.10. The van der Waals surface area contributed by atoms with Gasteiger partial charge in [-0.15, -0.1) is 0 Å². The normalized spacial score (nSPS) is 10.8. The molecule has 0 bridgehead atoms. The van der Waals surface area contributed by atoms with E-state index in [1.165, 1.54) is 0 Å². The molecule has 1 aromatic carbocycles. The van der Waals surface area contributed by atoms with E-state index in [2.05, 4.69) is 4.98 Å². The van der Waals surface area contributed by atoms with Gasteiger partial charge in [-0.3, -0.25) is 0 Å². The van der Waals surface area contributed by atoms with Crippen molar-refractivity contribution in [2.24, 2.45) is 0 Å². The minimum atomic E-state index is 0.590. The molecule has 0 aliphatic rings. The Morgan fingerprint density at radius 3 is 2.26 bits per heavy atom. The van der Waals surface area contributed by atoms with Crippen LogP contribution in [0.25, 0.3) is 10.9 Å². The zero-order chi connectivity index (χ0) is 14.0. The standard InChI is InChI=1S/C15H18ClNO2/c1-5-18-11-7-8-12(19-6-2)15-13(11)14(16)9(3)10(4)17-15/h7-8H,5-6H2,1-4H3. The number of hydrogen-bond donors (Lipinski definition) is 0. The molecular formula is C15H18ClNO2. The minimum absolute atomic E-state index is 0.590. The first kappa shape index (κ1) is 13.9. The number of benzene rings is 1. The topological polar surface area (TPSA) is 31.4 Å². The van der Waals surface area contributed by atoms with Crippen LogP contribution in [-0.2, 0) is 0 Å². The summed E-state index contributed by atoms with van der Waals surface area (Å²) >= 11 is 6.47. The molecule has 0 fully saturated rings. The van der Waals surface area contributed by atoms with Crippen molar-refractivity contribution in [3.63, 3.8) is 0 Å². The van der Waals surface area contributed by atoms with E-state index in [0.717, 1.165) is 33.7 Å². The van der Waals surface area contributed by atoms with E-state index in [1.807, 2.05) is 39.8 Å². The highest BCUT2D eigenvalue weighted by atomic mass is 35.5. The van der Waals surface area contributed by atoms with Gasteiger partial charge in [0.25, 0.3) is 0 Å². The zero-order valence-electron chi connectivity index (χ0n) is 11.7. The third-order valence-corrected chi connectivity index (χ3v) is 3.55. The van der Waals surface area contributed by atoms with Gasteiger partial charge in [0.15, 0.2) is 0 Å². The van der Waals surface area contributed by atoms with Gasteiger partial charge in [-0.2, -0.15) is 0 Å². The third kappa shape index (κ3) is 2.47. The molecule has 0 aliphatic carbocycles. The number of ether oxygens (including phenoxy) is 2. The molecule has 1 heterocycles.